The number of benzene rings is 1. The molecule has 0 saturated carbocycles. The number of nitrogen functional groups attached to an aromatic ring is 1. The highest BCUT2D eigenvalue weighted by molar-refractivity contribution is 5.98. The Morgan fingerprint density at radius 3 is 2.43 bits per heavy atom. The number of hydrogen-bond acceptors (Lipinski definition) is 6. The minimum atomic E-state index is -4.85. The third-order valence-electron chi connectivity index (χ3n) is 3.79. The molecule has 0 unspecified atom stereocenters. The zero-order valence-electron chi connectivity index (χ0n) is 15.1. The Morgan fingerprint density at radius 1 is 1.29 bits per heavy atom. The van der Waals surface area contributed by atoms with Crippen molar-refractivity contribution in [1.82, 2.24) is 10.3 Å². The molecule has 10 heteroatoms. The molecule has 0 aliphatic rings. The van der Waals surface area contributed by atoms with Gasteiger partial charge in [-0.15, -0.1) is 0 Å². The van der Waals surface area contributed by atoms with Crippen LogP contribution in [0.3, 0.4) is 0 Å². The van der Waals surface area contributed by atoms with Crippen molar-refractivity contribution in [3.05, 3.63) is 65.4 Å². The highest BCUT2D eigenvalue weighted by Crippen LogP contribution is 2.34. The first-order chi connectivity index (χ1) is 13.0. The second-order valence-electron chi connectivity index (χ2n) is 5.87. The van der Waals surface area contributed by atoms with Gasteiger partial charge >= 0.3 is 6.18 Å². The average Bonchev–Trinajstić information content (AvgIpc) is 2.60. The van der Waals surface area contributed by atoms with Crippen molar-refractivity contribution < 1.29 is 22.3 Å². The summed E-state index contributed by atoms with van der Waals surface area (Å²) in [7, 11) is 1.07. The number of aromatic nitrogens is 1. The standard InChI is InChI=1S/C18H19F4N5O/c1-9(11-4-6-12(19)7-5-11)25-10(2)26-14-8-13(23)15(17(24)28-3)16(27-14)18(20,21)22/h4-9,24-25H,2H2,1,3H3,(H3,23,26,27)/t9-/m1/s1. The maximum absolute atomic E-state index is 13.3. The van der Waals surface area contributed by atoms with E-state index in [0.29, 0.717) is 0 Å². The first kappa shape index (κ1) is 21.0. The molecule has 1 aromatic heterocycles. The monoisotopic (exact) mass is 397 g/mol. The third-order valence-corrected chi connectivity index (χ3v) is 3.79. The Bertz CT molecular complexity index is 881. The summed E-state index contributed by atoms with van der Waals surface area (Å²) in [6.45, 7) is 5.47. The lowest BCUT2D eigenvalue weighted by Crippen LogP contribution is -2.24. The lowest BCUT2D eigenvalue weighted by atomic mass is 10.1. The first-order valence-corrected chi connectivity index (χ1v) is 8.01. The van der Waals surface area contributed by atoms with Gasteiger partial charge in [-0.1, -0.05) is 18.7 Å². The van der Waals surface area contributed by atoms with E-state index in [-0.39, 0.29) is 29.2 Å². The Hall–Kier alpha value is -3.30. The second kappa shape index (κ2) is 8.15. The van der Waals surface area contributed by atoms with E-state index in [1.807, 2.05) is 0 Å². The number of nitrogens with two attached hydrogens (primary N) is 1. The Kier molecular flexibility index (Phi) is 6.12. The fourth-order valence-corrected chi connectivity index (χ4v) is 2.46. The lowest BCUT2D eigenvalue weighted by molar-refractivity contribution is -0.141. The van der Waals surface area contributed by atoms with Crippen LogP contribution >= 0.6 is 0 Å². The molecule has 5 N–H and O–H groups in total. The minimum absolute atomic E-state index is 0.159. The summed E-state index contributed by atoms with van der Waals surface area (Å²) in [5.74, 6) is -1.17. The molecule has 0 fully saturated rings. The Labute approximate surface area is 158 Å². The molecular weight excluding hydrogens is 378 g/mol. The molecule has 0 radical (unpaired) electrons. The number of nitrogens with one attached hydrogen (secondary N) is 3. The number of hydrogen-bond donors (Lipinski definition) is 4. The number of anilines is 2. The molecule has 1 atom stereocenters. The SMILES string of the molecule is C=C(Nc1cc(N)c(C(=N)OC)c(C(F)(F)F)n1)N[C@H](C)c1ccc(F)cc1. The molecule has 1 heterocycles. The van der Waals surface area contributed by atoms with Crippen molar-refractivity contribution in [3.8, 4) is 0 Å². The van der Waals surface area contributed by atoms with E-state index >= 15 is 0 Å². The highest BCUT2D eigenvalue weighted by atomic mass is 19.4. The molecule has 0 bridgehead atoms. The minimum Gasteiger partial charge on any atom is -0.481 e. The topological polar surface area (TPSA) is 96.0 Å². The van der Waals surface area contributed by atoms with E-state index in [1.165, 1.54) is 12.1 Å². The van der Waals surface area contributed by atoms with Crippen LogP contribution in [0.5, 0.6) is 0 Å². The predicted molar refractivity (Wildman–Crippen MR) is 98.2 cm³/mol. The van der Waals surface area contributed by atoms with Crippen LogP contribution in [-0.4, -0.2) is 18.0 Å². The van der Waals surface area contributed by atoms with Crippen LogP contribution in [0.25, 0.3) is 0 Å². The van der Waals surface area contributed by atoms with Crippen molar-refractivity contribution in [2.45, 2.75) is 19.1 Å². The van der Waals surface area contributed by atoms with Crippen LogP contribution in [-0.2, 0) is 10.9 Å². The van der Waals surface area contributed by atoms with E-state index in [0.717, 1.165) is 18.7 Å². The molecule has 150 valence electrons. The molecule has 0 spiro atoms. The highest BCUT2D eigenvalue weighted by Gasteiger charge is 2.38. The summed E-state index contributed by atoms with van der Waals surface area (Å²) < 4.78 is 57.6. The zero-order chi connectivity index (χ0) is 21.1. The first-order valence-electron chi connectivity index (χ1n) is 8.01. The van der Waals surface area contributed by atoms with Gasteiger partial charge in [0.05, 0.1) is 24.2 Å². The molecule has 0 saturated heterocycles. The molecule has 6 nitrogen and oxygen atoms in total. The summed E-state index contributed by atoms with van der Waals surface area (Å²) in [6.07, 6.45) is -4.85. The van der Waals surface area contributed by atoms with Crippen molar-refractivity contribution in [1.29, 1.82) is 5.41 Å². The normalized spacial score (nSPS) is 12.2. The van der Waals surface area contributed by atoms with Crippen molar-refractivity contribution in [2.24, 2.45) is 0 Å². The van der Waals surface area contributed by atoms with E-state index in [4.69, 9.17) is 11.1 Å². The van der Waals surface area contributed by atoms with E-state index in [1.54, 1.807) is 19.1 Å². The van der Waals surface area contributed by atoms with Gasteiger partial charge in [0.2, 0.25) is 5.90 Å². The molecule has 0 aliphatic carbocycles. The summed E-state index contributed by atoms with van der Waals surface area (Å²) in [5.41, 5.74) is 4.13. The number of ether oxygens (including phenoxy) is 1. The van der Waals surface area contributed by atoms with Gasteiger partial charge in [-0.3, -0.25) is 5.41 Å². The summed E-state index contributed by atoms with van der Waals surface area (Å²) >= 11 is 0. The largest absolute Gasteiger partial charge is 0.481 e. The quantitative estimate of drug-likeness (QED) is 0.335. The Balaban J connectivity index is 2.23. The van der Waals surface area contributed by atoms with Crippen LogP contribution in [0.2, 0.25) is 0 Å². The number of nitrogens with zero attached hydrogens (tertiary/aromatic N) is 1. The van der Waals surface area contributed by atoms with Crippen LogP contribution in [0.4, 0.5) is 29.1 Å². The maximum Gasteiger partial charge on any atom is 0.434 e. The van der Waals surface area contributed by atoms with Gasteiger partial charge in [-0.2, -0.15) is 13.2 Å². The van der Waals surface area contributed by atoms with Gasteiger partial charge < -0.3 is 21.1 Å². The molecule has 2 aromatic rings. The van der Waals surface area contributed by atoms with Gasteiger partial charge in [0, 0.05) is 12.1 Å². The lowest BCUT2D eigenvalue weighted by Gasteiger charge is -2.20. The summed E-state index contributed by atoms with van der Waals surface area (Å²) in [5, 5.41) is 13.1. The smallest absolute Gasteiger partial charge is 0.434 e. The number of pyridine rings is 1. The van der Waals surface area contributed by atoms with E-state index in [2.05, 4.69) is 26.9 Å². The van der Waals surface area contributed by atoms with Gasteiger partial charge in [0.1, 0.15) is 11.6 Å². The van der Waals surface area contributed by atoms with Crippen LogP contribution in [0, 0.1) is 11.2 Å². The van der Waals surface area contributed by atoms with E-state index in [9.17, 15) is 17.6 Å². The van der Waals surface area contributed by atoms with Crippen LogP contribution in [0.15, 0.2) is 42.7 Å². The van der Waals surface area contributed by atoms with E-state index < -0.39 is 23.3 Å². The molecule has 1 aromatic carbocycles. The van der Waals surface area contributed by atoms with Crippen LogP contribution in [0.1, 0.15) is 29.8 Å². The third kappa shape index (κ3) is 4.90. The fraction of sp³-hybridized carbons (Fsp3) is 0.222. The van der Waals surface area contributed by atoms with Gasteiger partial charge in [0.15, 0.2) is 5.69 Å². The molecule has 0 aliphatic heterocycles. The summed E-state index contributed by atoms with van der Waals surface area (Å²) in [4.78, 5) is 3.52. The van der Waals surface area contributed by atoms with Crippen molar-refractivity contribution >= 4 is 17.4 Å². The van der Waals surface area contributed by atoms with Gasteiger partial charge in [-0.25, -0.2) is 9.37 Å². The summed E-state index contributed by atoms with van der Waals surface area (Å²) in [6, 6.07) is 6.58. The molecular formula is C18H19F4N5O. The molecule has 0 amide bonds. The van der Waals surface area contributed by atoms with Crippen molar-refractivity contribution in [3.63, 3.8) is 0 Å². The zero-order valence-corrected chi connectivity index (χ0v) is 15.1. The number of alkyl halides is 3. The Morgan fingerprint density at radius 2 is 1.89 bits per heavy atom. The average molecular weight is 397 g/mol. The van der Waals surface area contributed by atoms with Gasteiger partial charge in [0.25, 0.3) is 0 Å². The number of halogens is 4. The molecule has 28 heavy (non-hydrogen) atoms. The van der Waals surface area contributed by atoms with Gasteiger partial charge in [-0.05, 0) is 24.6 Å². The maximum atomic E-state index is 13.3. The molecule has 2 rings (SSSR count). The van der Waals surface area contributed by atoms with Crippen molar-refractivity contribution in [2.75, 3.05) is 18.2 Å². The number of methoxy groups -OCH3 is 1. The number of rotatable bonds is 6. The second-order valence-corrected chi connectivity index (χ2v) is 5.87. The van der Waals surface area contributed by atoms with Crippen LogP contribution < -0.4 is 16.4 Å². The predicted octanol–water partition coefficient (Wildman–Crippen LogP) is 4.03. The fourth-order valence-electron chi connectivity index (χ4n) is 2.46.